The topological polar surface area (TPSA) is 37.8 Å². The Morgan fingerprint density at radius 2 is 1.71 bits per heavy atom. The Morgan fingerprint density at radius 3 is 2.24 bits per heavy atom. The van der Waals surface area contributed by atoms with E-state index in [-0.39, 0.29) is 5.82 Å². The van der Waals surface area contributed by atoms with Crippen LogP contribution in [0.5, 0.6) is 0 Å². The van der Waals surface area contributed by atoms with Gasteiger partial charge in [0.25, 0.3) is 0 Å². The highest BCUT2D eigenvalue weighted by atomic mass is 19.1. The van der Waals surface area contributed by atoms with Gasteiger partial charge in [0.15, 0.2) is 5.82 Å². The third-order valence-corrected chi connectivity index (χ3v) is 3.54. The molecule has 1 heterocycles. The summed E-state index contributed by atoms with van der Waals surface area (Å²) in [5.74, 6) is 0.429. The quantitative estimate of drug-likeness (QED) is 0.931. The fraction of sp³-hybridized carbons (Fsp3) is 0.412. The van der Waals surface area contributed by atoms with Gasteiger partial charge in [0.05, 0.1) is 0 Å². The average Bonchev–Trinajstić information content (AvgIpc) is 2.37. The van der Waals surface area contributed by atoms with Gasteiger partial charge in [-0.2, -0.15) is 0 Å². The summed E-state index contributed by atoms with van der Waals surface area (Å²) in [6.45, 7) is 10.9. The highest BCUT2D eigenvalue weighted by Gasteiger charge is 2.12. The fourth-order valence-electron chi connectivity index (χ4n) is 2.30. The number of rotatable bonds is 4. The number of aromatic nitrogens is 2. The lowest BCUT2D eigenvalue weighted by Gasteiger charge is -2.14. The minimum absolute atomic E-state index is 0.234. The number of nitrogens with zero attached hydrogens (tertiary/aromatic N) is 2. The predicted molar refractivity (Wildman–Crippen MR) is 83.6 cm³/mol. The second kappa shape index (κ2) is 6.31. The van der Waals surface area contributed by atoms with Crippen LogP contribution < -0.4 is 5.32 Å². The molecule has 0 spiro atoms. The highest BCUT2D eigenvalue weighted by molar-refractivity contribution is 5.60. The zero-order valence-electron chi connectivity index (χ0n) is 13.3. The maximum atomic E-state index is 13.2. The monoisotopic (exact) mass is 287 g/mol. The van der Waals surface area contributed by atoms with Crippen molar-refractivity contribution < 1.29 is 4.39 Å². The van der Waals surface area contributed by atoms with Crippen LogP contribution >= 0.6 is 0 Å². The molecule has 4 heteroatoms. The number of benzene rings is 1. The third-order valence-electron chi connectivity index (χ3n) is 3.54. The maximum Gasteiger partial charge on any atom is 0.159 e. The van der Waals surface area contributed by atoms with Crippen molar-refractivity contribution in [3.63, 3.8) is 0 Å². The van der Waals surface area contributed by atoms with E-state index in [4.69, 9.17) is 0 Å². The summed E-state index contributed by atoms with van der Waals surface area (Å²) >= 11 is 0. The molecule has 2 rings (SSSR count). The predicted octanol–water partition coefficient (Wildman–Crippen LogP) is 3.71. The smallest absolute Gasteiger partial charge is 0.159 e. The molecule has 0 amide bonds. The molecule has 0 radical (unpaired) electrons. The number of halogens is 1. The van der Waals surface area contributed by atoms with Crippen molar-refractivity contribution in [3.05, 3.63) is 46.5 Å². The van der Waals surface area contributed by atoms with E-state index in [0.29, 0.717) is 11.9 Å². The largest absolute Gasteiger partial charge is 0.310 e. The third kappa shape index (κ3) is 3.64. The van der Waals surface area contributed by atoms with Gasteiger partial charge in [-0.15, -0.1) is 0 Å². The lowest BCUT2D eigenvalue weighted by atomic mass is 10.1. The lowest BCUT2D eigenvalue weighted by molar-refractivity contribution is 0.583. The van der Waals surface area contributed by atoms with Gasteiger partial charge < -0.3 is 5.32 Å². The van der Waals surface area contributed by atoms with E-state index in [9.17, 15) is 4.39 Å². The maximum absolute atomic E-state index is 13.2. The van der Waals surface area contributed by atoms with Gasteiger partial charge in [-0.05, 0) is 44.5 Å². The Kier molecular flexibility index (Phi) is 4.68. The minimum atomic E-state index is -0.234. The molecule has 0 bridgehead atoms. The molecule has 0 aliphatic rings. The van der Waals surface area contributed by atoms with E-state index in [0.717, 1.165) is 34.6 Å². The summed E-state index contributed by atoms with van der Waals surface area (Å²) in [5, 5.41) is 3.39. The van der Waals surface area contributed by atoms with Crippen LogP contribution in [0.2, 0.25) is 0 Å². The molecule has 1 aromatic heterocycles. The molecule has 0 aliphatic heterocycles. The molecular formula is C17H22FN3. The van der Waals surface area contributed by atoms with Crippen molar-refractivity contribution in [3.8, 4) is 11.4 Å². The SMILES string of the molecule is Cc1cc(F)ccc1-c1nc(C)c(CNC(C)C)c(C)n1. The second-order valence-corrected chi connectivity index (χ2v) is 5.69. The van der Waals surface area contributed by atoms with Crippen LogP contribution in [0.3, 0.4) is 0 Å². The van der Waals surface area contributed by atoms with Gasteiger partial charge in [-0.25, -0.2) is 14.4 Å². The number of nitrogens with one attached hydrogen (secondary N) is 1. The summed E-state index contributed by atoms with van der Waals surface area (Å²) < 4.78 is 13.2. The molecule has 0 atom stereocenters. The average molecular weight is 287 g/mol. The first-order valence-corrected chi connectivity index (χ1v) is 7.22. The van der Waals surface area contributed by atoms with Crippen molar-refractivity contribution in [1.82, 2.24) is 15.3 Å². The zero-order valence-corrected chi connectivity index (χ0v) is 13.3. The van der Waals surface area contributed by atoms with Crippen molar-refractivity contribution in [2.75, 3.05) is 0 Å². The second-order valence-electron chi connectivity index (χ2n) is 5.69. The van der Waals surface area contributed by atoms with Crippen LogP contribution in [-0.2, 0) is 6.54 Å². The van der Waals surface area contributed by atoms with E-state index in [1.807, 2.05) is 20.8 Å². The van der Waals surface area contributed by atoms with Crippen molar-refractivity contribution in [1.29, 1.82) is 0 Å². The summed E-state index contributed by atoms with van der Waals surface area (Å²) in [4.78, 5) is 9.20. The molecule has 0 unspecified atom stereocenters. The first-order valence-electron chi connectivity index (χ1n) is 7.22. The molecule has 21 heavy (non-hydrogen) atoms. The molecule has 0 aliphatic carbocycles. The van der Waals surface area contributed by atoms with E-state index in [1.54, 1.807) is 6.07 Å². The van der Waals surface area contributed by atoms with Crippen molar-refractivity contribution in [2.45, 2.75) is 47.2 Å². The summed E-state index contributed by atoms with van der Waals surface area (Å²) in [5.41, 5.74) is 4.80. The Bertz CT molecular complexity index is 627. The van der Waals surface area contributed by atoms with Crippen LogP contribution in [0, 0.1) is 26.6 Å². The van der Waals surface area contributed by atoms with E-state index in [1.165, 1.54) is 12.1 Å². The zero-order chi connectivity index (χ0) is 15.6. The van der Waals surface area contributed by atoms with Crippen LogP contribution in [0.25, 0.3) is 11.4 Å². The van der Waals surface area contributed by atoms with Gasteiger partial charge >= 0.3 is 0 Å². The standard InChI is InChI=1S/C17H22FN3/c1-10(2)19-9-16-12(4)20-17(21-13(16)5)15-7-6-14(18)8-11(15)3/h6-8,10,19H,9H2,1-5H3. The number of aryl methyl sites for hydroxylation is 3. The van der Waals surface area contributed by atoms with Gasteiger partial charge in [0.1, 0.15) is 5.82 Å². The Morgan fingerprint density at radius 1 is 1.10 bits per heavy atom. The normalized spacial score (nSPS) is 11.2. The molecule has 1 aromatic carbocycles. The Labute approximate surface area is 125 Å². The fourth-order valence-corrected chi connectivity index (χ4v) is 2.30. The van der Waals surface area contributed by atoms with Gasteiger partial charge in [-0.3, -0.25) is 0 Å². The molecule has 3 nitrogen and oxygen atoms in total. The molecule has 112 valence electrons. The van der Waals surface area contributed by atoms with Crippen LogP contribution in [0.1, 0.15) is 36.4 Å². The summed E-state index contributed by atoms with van der Waals surface area (Å²) in [6, 6.07) is 5.12. The van der Waals surface area contributed by atoms with Crippen molar-refractivity contribution >= 4 is 0 Å². The lowest BCUT2D eigenvalue weighted by Crippen LogP contribution is -2.23. The van der Waals surface area contributed by atoms with E-state index in [2.05, 4.69) is 29.1 Å². The summed E-state index contributed by atoms with van der Waals surface area (Å²) in [6.07, 6.45) is 0. The minimum Gasteiger partial charge on any atom is -0.310 e. The molecule has 0 saturated carbocycles. The summed E-state index contributed by atoms with van der Waals surface area (Å²) in [7, 11) is 0. The molecule has 2 aromatic rings. The number of hydrogen-bond donors (Lipinski definition) is 1. The molecule has 0 fully saturated rings. The van der Waals surface area contributed by atoms with Gasteiger partial charge in [-0.1, -0.05) is 13.8 Å². The first kappa shape index (κ1) is 15.6. The molecule has 1 N–H and O–H groups in total. The Hall–Kier alpha value is -1.81. The first-order chi connectivity index (χ1) is 9.88. The van der Waals surface area contributed by atoms with Crippen LogP contribution in [0.4, 0.5) is 4.39 Å². The van der Waals surface area contributed by atoms with Crippen LogP contribution in [0.15, 0.2) is 18.2 Å². The van der Waals surface area contributed by atoms with Crippen molar-refractivity contribution in [2.24, 2.45) is 0 Å². The van der Waals surface area contributed by atoms with Crippen LogP contribution in [-0.4, -0.2) is 16.0 Å². The molecular weight excluding hydrogens is 265 g/mol. The van der Waals surface area contributed by atoms with E-state index < -0.39 is 0 Å². The molecule has 0 saturated heterocycles. The number of hydrogen-bond acceptors (Lipinski definition) is 3. The Balaban J connectivity index is 2.39. The van der Waals surface area contributed by atoms with E-state index >= 15 is 0 Å². The van der Waals surface area contributed by atoms with Gasteiger partial charge in [0.2, 0.25) is 0 Å². The highest BCUT2D eigenvalue weighted by Crippen LogP contribution is 2.23. The van der Waals surface area contributed by atoms with Gasteiger partial charge in [0, 0.05) is 35.1 Å².